The van der Waals surface area contributed by atoms with Crippen LogP contribution < -0.4 is 16.0 Å². The van der Waals surface area contributed by atoms with Crippen molar-refractivity contribution in [2.24, 2.45) is 11.8 Å². The highest BCUT2D eigenvalue weighted by atomic mass is 16.2. The zero-order chi connectivity index (χ0) is 13.5. The number of amides is 3. The van der Waals surface area contributed by atoms with Crippen LogP contribution in [0.15, 0.2) is 0 Å². The standard InChI is InChI=1S/C14H25N3O2/c18-13(12-6-8-15-9-7-12)17-14(19)16-10-11-4-2-1-3-5-11/h11-12,15H,1-10H2,(H2,16,17,18,19). The minimum atomic E-state index is -0.325. The van der Waals surface area contributed by atoms with E-state index in [9.17, 15) is 9.59 Å². The van der Waals surface area contributed by atoms with E-state index >= 15 is 0 Å². The maximum Gasteiger partial charge on any atom is 0.321 e. The summed E-state index contributed by atoms with van der Waals surface area (Å²) in [7, 11) is 0. The SMILES string of the molecule is O=C(NCC1CCCCC1)NC(=O)C1CCNCC1. The highest BCUT2D eigenvalue weighted by Gasteiger charge is 2.22. The van der Waals surface area contributed by atoms with Crippen LogP contribution >= 0.6 is 0 Å². The number of hydrogen-bond acceptors (Lipinski definition) is 3. The zero-order valence-electron chi connectivity index (χ0n) is 11.5. The maximum absolute atomic E-state index is 11.9. The molecule has 1 aliphatic carbocycles. The molecule has 1 aliphatic heterocycles. The van der Waals surface area contributed by atoms with E-state index in [1.807, 2.05) is 0 Å². The fourth-order valence-corrected chi connectivity index (χ4v) is 2.97. The molecule has 1 heterocycles. The van der Waals surface area contributed by atoms with Crippen molar-refractivity contribution in [2.45, 2.75) is 44.9 Å². The monoisotopic (exact) mass is 267 g/mol. The molecule has 3 amide bonds. The van der Waals surface area contributed by atoms with Crippen LogP contribution in [0.4, 0.5) is 4.79 Å². The third-order valence-corrected chi connectivity index (χ3v) is 4.22. The van der Waals surface area contributed by atoms with Crippen LogP contribution in [0.3, 0.4) is 0 Å². The van der Waals surface area contributed by atoms with Crippen molar-refractivity contribution in [3.05, 3.63) is 0 Å². The molecule has 1 saturated carbocycles. The van der Waals surface area contributed by atoms with Crippen LogP contribution in [-0.4, -0.2) is 31.6 Å². The highest BCUT2D eigenvalue weighted by Crippen LogP contribution is 2.22. The number of nitrogens with one attached hydrogen (secondary N) is 3. The molecule has 0 aromatic heterocycles. The van der Waals surface area contributed by atoms with Crippen LogP contribution in [0.25, 0.3) is 0 Å². The van der Waals surface area contributed by atoms with E-state index in [1.165, 1.54) is 32.1 Å². The van der Waals surface area contributed by atoms with Crippen LogP contribution in [0.1, 0.15) is 44.9 Å². The Morgan fingerprint density at radius 1 is 1.00 bits per heavy atom. The lowest BCUT2D eigenvalue weighted by Crippen LogP contribution is -2.46. The summed E-state index contributed by atoms with van der Waals surface area (Å²) < 4.78 is 0. The van der Waals surface area contributed by atoms with E-state index in [-0.39, 0.29) is 17.9 Å². The van der Waals surface area contributed by atoms with E-state index in [4.69, 9.17) is 0 Å². The van der Waals surface area contributed by atoms with E-state index < -0.39 is 0 Å². The van der Waals surface area contributed by atoms with E-state index in [2.05, 4.69) is 16.0 Å². The Kier molecular flexibility index (Phi) is 5.63. The normalized spacial score (nSPS) is 21.9. The summed E-state index contributed by atoms with van der Waals surface area (Å²) in [6.45, 7) is 2.43. The molecule has 0 bridgehead atoms. The van der Waals surface area contributed by atoms with Gasteiger partial charge in [0.25, 0.3) is 0 Å². The Balaban J connectivity index is 1.64. The van der Waals surface area contributed by atoms with Crippen molar-refractivity contribution < 1.29 is 9.59 Å². The van der Waals surface area contributed by atoms with Crippen LogP contribution in [0.5, 0.6) is 0 Å². The first kappa shape index (κ1) is 14.3. The molecule has 19 heavy (non-hydrogen) atoms. The Morgan fingerprint density at radius 2 is 1.68 bits per heavy atom. The quantitative estimate of drug-likeness (QED) is 0.724. The molecule has 0 atom stereocenters. The molecule has 2 fully saturated rings. The maximum atomic E-state index is 11.9. The first-order valence-electron chi connectivity index (χ1n) is 7.55. The molecular weight excluding hydrogens is 242 g/mol. The summed E-state index contributed by atoms with van der Waals surface area (Å²) in [6, 6.07) is -0.325. The van der Waals surface area contributed by atoms with Crippen molar-refractivity contribution in [1.29, 1.82) is 0 Å². The first-order valence-corrected chi connectivity index (χ1v) is 7.55. The fourth-order valence-electron chi connectivity index (χ4n) is 2.97. The van der Waals surface area contributed by atoms with E-state index in [0.717, 1.165) is 25.9 Å². The third-order valence-electron chi connectivity index (χ3n) is 4.22. The lowest BCUT2D eigenvalue weighted by atomic mass is 9.89. The molecule has 108 valence electrons. The average Bonchev–Trinajstić information content (AvgIpc) is 2.47. The molecule has 5 heteroatoms. The van der Waals surface area contributed by atoms with E-state index in [0.29, 0.717) is 12.5 Å². The number of carbonyl (C=O) groups is 2. The summed E-state index contributed by atoms with van der Waals surface area (Å²) in [5.74, 6) is 0.456. The largest absolute Gasteiger partial charge is 0.338 e. The van der Waals surface area contributed by atoms with Crippen LogP contribution in [0, 0.1) is 11.8 Å². The Hall–Kier alpha value is -1.10. The van der Waals surface area contributed by atoms with Crippen LogP contribution in [0.2, 0.25) is 0 Å². The van der Waals surface area contributed by atoms with Gasteiger partial charge in [0.1, 0.15) is 0 Å². The molecule has 0 aromatic rings. The van der Waals surface area contributed by atoms with Gasteiger partial charge in [0, 0.05) is 12.5 Å². The molecule has 5 nitrogen and oxygen atoms in total. The average molecular weight is 267 g/mol. The molecule has 0 aromatic carbocycles. The second-order valence-corrected chi connectivity index (χ2v) is 5.73. The van der Waals surface area contributed by atoms with Crippen molar-refractivity contribution in [2.75, 3.05) is 19.6 Å². The predicted molar refractivity (Wildman–Crippen MR) is 73.7 cm³/mol. The van der Waals surface area contributed by atoms with Gasteiger partial charge in [-0.1, -0.05) is 19.3 Å². The molecule has 0 spiro atoms. The third kappa shape index (κ3) is 4.82. The smallest absolute Gasteiger partial charge is 0.321 e. The second kappa shape index (κ2) is 7.48. The number of rotatable bonds is 3. The summed E-state index contributed by atoms with van der Waals surface area (Å²) in [6.07, 6.45) is 7.88. The van der Waals surface area contributed by atoms with Gasteiger partial charge in [-0.3, -0.25) is 10.1 Å². The summed E-state index contributed by atoms with van der Waals surface area (Å²) in [4.78, 5) is 23.5. The lowest BCUT2D eigenvalue weighted by Gasteiger charge is -2.23. The van der Waals surface area contributed by atoms with Crippen molar-refractivity contribution in [1.82, 2.24) is 16.0 Å². The Labute approximate surface area is 114 Å². The van der Waals surface area contributed by atoms with Crippen molar-refractivity contribution in [3.8, 4) is 0 Å². The topological polar surface area (TPSA) is 70.2 Å². The van der Waals surface area contributed by atoms with Gasteiger partial charge in [-0.15, -0.1) is 0 Å². The lowest BCUT2D eigenvalue weighted by molar-refractivity contribution is -0.124. The number of carbonyl (C=O) groups excluding carboxylic acids is 2. The molecular formula is C14H25N3O2. The number of piperidine rings is 1. The van der Waals surface area contributed by atoms with Gasteiger partial charge in [0.15, 0.2) is 0 Å². The number of hydrogen-bond donors (Lipinski definition) is 3. The molecule has 3 N–H and O–H groups in total. The van der Waals surface area contributed by atoms with Crippen molar-refractivity contribution in [3.63, 3.8) is 0 Å². The highest BCUT2D eigenvalue weighted by molar-refractivity contribution is 5.95. The zero-order valence-corrected chi connectivity index (χ0v) is 11.5. The van der Waals surface area contributed by atoms with Gasteiger partial charge < -0.3 is 10.6 Å². The van der Waals surface area contributed by atoms with E-state index in [1.54, 1.807) is 0 Å². The molecule has 0 unspecified atom stereocenters. The predicted octanol–water partition coefficient (Wildman–Crippen LogP) is 1.39. The van der Waals surface area contributed by atoms with Gasteiger partial charge in [-0.2, -0.15) is 0 Å². The fraction of sp³-hybridized carbons (Fsp3) is 0.857. The Bertz CT molecular complexity index is 308. The first-order chi connectivity index (χ1) is 9.25. The van der Waals surface area contributed by atoms with Crippen LogP contribution in [-0.2, 0) is 4.79 Å². The summed E-state index contributed by atoms with van der Waals surface area (Å²) >= 11 is 0. The molecule has 1 saturated heterocycles. The second-order valence-electron chi connectivity index (χ2n) is 5.73. The molecule has 2 aliphatic rings. The van der Waals surface area contributed by atoms with Gasteiger partial charge in [0.2, 0.25) is 5.91 Å². The molecule has 0 radical (unpaired) electrons. The summed E-state index contributed by atoms with van der Waals surface area (Å²) in [5.41, 5.74) is 0. The Morgan fingerprint density at radius 3 is 2.37 bits per heavy atom. The minimum Gasteiger partial charge on any atom is -0.338 e. The minimum absolute atomic E-state index is 0.0123. The van der Waals surface area contributed by atoms with Gasteiger partial charge in [0.05, 0.1) is 0 Å². The van der Waals surface area contributed by atoms with Gasteiger partial charge >= 0.3 is 6.03 Å². The number of imide groups is 1. The molecule has 2 rings (SSSR count). The summed E-state index contributed by atoms with van der Waals surface area (Å²) in [5, 5.41) is 8.52. The van der Waals surface area contributed by atoms with Gasteiger partial charge in [-0.25, -0.2) is 4.79 Å². The number of urea groups is 1. The van der Waals surface area contributed by atoms with Crippen molar-refractivity contribution >= 4 is 11.9 Å². The van der Waals surface area contributed by atoms with Gasteiger partial charge in [-0.05, 0) is 44.7 Å².